The van der Waals surface area contributed by atoms with E-state index < -0.39 is 12.2 Å². The first-order valence-electron chi connectivity index (χ1n) is 6.58. The molecule has 0 spiro atoms. The van der Waals surface area contributed by atoms with Gasteiger partial charge in [0.15, 0.2) is 0 Å². The van der Waals surface area contributed by atoms with Crippen LogP contribution in [0.4, 0.5) is 0 Å². The lowest BCUT2D eigenvalue weighted by molar-refractivity contribution is -0.0956. The highest BCUT2D eigenvalue weighted by Crippen LogP contribution is 2.53. The Bertz CT molecular complexity index is 365. The van der Waals surface area contributed by atoms with E-state index in [-0.39, 0.29) is 5.41 Å². The van der Waals surface area contributed by atoms with Crippen molar-refractivity contribution >= 4 is 0 Å². The fourth-order valence-corrected chi connectivity index (χ4v) is 3.63. The summed E-state index contributed by atoms with van der Waals surface area (Å²) in [5, 5.41) is 20.7. The summed E-state index contributed by atoms with van der Waals surface area (Å²) in [4.78, 5) is 0. The van der Waals surface area contributed by atoms with Crippen molar-refractivity contribution in [2.45, 2.75) is 58.7 Å². The Kier molecular flexibility index (Phi) is 3.21. The van der Waals surface area contributed by atoms with E-state index in [4.69, 9.17) is 0 Å². The Hall–Kier alpha value is -0.600. The zero-order chi connectivity index (χ0) is 12.8. The van der Waals surface area contributed by atoms with Crippen molar-refractivity contribution in [1.82, 2.24) is 0 Å². The van der Waals surface area contributed by atoms with Crippen LogP contribution in [0.2, 0.25) is 0 Å². The number of fused-ring (bicyclic) bond motifs is 1. The second kappa shape index (κ2) is 4.25. The maximum absolute atomic E-state index is 10.4. The Morgan fingerprint density at radius 1 is 1.35 bits per heavy atom. The number of hydrogen-bond donors (Lipinski definition) is 2. The standard InChI is InChI=1S/C15H24O2/c1-9(2)11-8-12-10(3)6-5-7-15(12,4)14(17)13(11)16/h12-14,16-17H,3,5-8H2,1-2,4H3/t12-,13?,14?,15-/m0/s1. The summed E-state index contributed by atoms with van der Waals surface area (Å²) >= 11 is 0. The van der Waals surface area contributed by atoms with Crippen molar-refractivity contribution in [2.75, 3.05) is 0 Å². The first-order chi connectivity index (χ1) is 7.88. The van der Waals surface area contributed by atoms with E-state index in [1.807, 2.05) is 13.8 Å². The Labute approximate surface area is 104 Å². The van der Waals surface area contributed by atoms with Crippen molar-refractivity contribution in [3.05, 3.63) is 23.3 Å². The number of allylic oxidation sites excluding steroid dienone is 2. The molecule has 2 saturated carbocycles. The van der Waals surface area contributed by atoms with Crippen LogP contribution in [0.3, 0.4) is 0 Å². The monoisotopic (exact) mass is 236 g/mol. The fraction of sp³-hybridized carbons (Fsp3) is 0.733. The van der Waals surface area contributed by atoms with E-state index >= 15 is 0 Å². The maximum atomic E-state index is 10.4. The van der Waals surface area contributed by atoms with Crippen LogP contribution < -0.4 is 0 Å². The number of aliphatic hydroxyl groups is 2. The van der Waals surface area contributed by atoms with Crippen molar-refractivity contribution < 1.29 is 10.2 Å². The minimum Gasteiger partial charge on any atom is -0.389 e. The van der Waals surface area contributed by atoms with E-state index in [1.165, 1.54) is 5.57 Å². The minimum atomic E-state index is -0.688. The molecular formula is C15H24O2. The Balaban J connectivity index is 2.40. The molecule has 0 bridgehead atoms. The van der Waals surface area contributed by atoms with Gasteiger partial charge < -0.3 is 10.2 Å². The molecule has 2 fully saturated rings. The number of hydrogen-bond acceptors (Lipinski definition) is 2. The average molecular weight is 236 g/mol. The van der Waals surface area contributed by atoms with Gasteiger partial charge in [0.1, 0.15) is 6.10 Å². The van der Waals surface area contributed by atoms with Crippen LogP contribution in [-0.2, 0) is 0 Å². The third-order valence-corrected chi connectivity index (χ3v) is 4.90. The first kappa shape index (κ1) is 12.8. The van der Waals surface area contributed by atoms with Crippen LogP contribution in [0.5, 0.6) is 0 Å². The molecule has 96 valence electrons. The van der Waals surface area contributed by atoms with Crippen LogP contribution in [0.15, 0.2) is 23.3 Å². The predicted molar refractivity (Wildman–Crippen MR) is 69.6 cm³/mol. The van der Waals surface area contributed by atoms with E-state index in [9.17, 15) is 10.2 Å². The van der Waals surface area contributed by atoms with Gasteiger partial charge in [-0.25, -0.2) is 0 Å². The molecule has 2 N–H and O–H groups in total. The fourth-order valence-electron chi connectivity index (χ4n) is 3.63. The molecule has 2 nitrogen and oxygen atoms in total. The minimum absolute atomic E-state index is 0.187. The van der Waals surface area contributed by atoms with Gasteiger partial charge in [-0.05, 0) is 51.0 Å². The zero-order valence-electron chi connectivity index (χ0n) is 11.2. The summed E-state index contributed by atoms with van der Waals surface area (Å²) in [6, 6.07) is 0. The molecule has 0 heterocycles. The largest absolute Gasteiger partial charge is 0.389 e. The smallest absolute Gasteiger partial charge is 0.102 e. The van der Waals surface area contributed by atoms with Gasteiger partial charge in [-0.1, -0.05) is 24.6 Å². The van der Waals surface area contributed by atoms with E-state index in [1.54, 1.807) is 0 Å². The summed E-state index contributed by atoms with van der Waals surface area (Å²) in [6.45, 7) is 10.3. The van der Waals surface area contributed by atoms with E-state index in [2.05, 4.69) is 13.5 Å². The Morgan fingerprint density at radius 2 is 2.00 bits per heavy atom. The molecule has 0 aromatic heterocycles. The quantitative estimate of drug-likeness (QED) is 0.635. The topological polar surface area (TPSA) is 40.5 Å². The van der Waals surface area contributed by atoms with Gasteiger partial charge in [0.05, 0.1) is 6.10 Å². The van der Waals surface area contributed by atoms with Gasteiger partial charge in [-0.2, -0.15) is 0 Å². The molecule has 0 saturated heterocycles. The average Bonchev–Trinajstić information content (AvgIpc) is 2.25. The molecule has 4 atom stereocenters. The van der Waals surface area contributed by atoms with Crippen molar-refractivity contribution in [1.29, 1.82) is 0 Å². The molecular weight excluding hydrogens is 212 g/mol. The molecule has 0 aromatic rings. The molecule has 2 unspecified atom stereocenters. The molecule has 2 aliphatic rings. The first-order valence-corrected chi connectivity index (χ1v) is 6.58. The third-order valence-electron chi connectivity index (χ3n) is 4.90. The van der Waals surface area contributed by atoms with Crippen molar-refractivity contribution in [3.63, 3.8) is 0 Å². The highest BCUT2D eigenvalue weighted by molar-refractivity contribution is 5.28. The molecule has 2 aliphatic carbocycles. The summed E-state index contributed by atoms with van der Waals surface area (Å²) in [6.07, 6.45) is 2.68. The van der Waals surface area contributed by atoms with Gasteiger partial charge in [0, 0.05) is 5.41 Å². The molecule has 0 amide bonds. The third kappa shape index (κ3) is 1.88. The maximum Gasteiger partial charge on any atom is 0.102 e. The number of rotatable bonds is 0. The number of aliphatic hydroxyl groups excluding tert-OH is 2. The molecule has 17 heavy (non-hydrogen) atoms. The second-order valence-corrected chi connectivity index (χ2v) is 6.19. The van der Waals surface area contributed by atoms with Crippen LogP contribution in [0, 0.1) is 11.3 Å². The molecule has 0 aromatic carbocycles. The van der Waals surface area contributed by atoms with Gasteiger partial charge in [-0.3, -0.25) is 0 Å². The molecule has 0 aliphatic heterocycles. The van der Waals surface area contributed by atoms with Crippen LogP contribution in [0.25, 0.3) is 0 Å². The lowest BCUT2D eigenvalue weighted by Gasteiger charge is -2.52. The predicted octanol–water partition coefficient (Wildman–Crippen LogP) is 2.81. The van der Waals surface area contributed by atoms with Gasteiger partial charge >= 0.3 is 0 Å². The molecule has 2 rings (SSSR count). The highest BCUT2D eigenvalue weighted by atomic mass is 16.3. The zero-order valence-corrected chi connectivity index (χ0v) is 11.2. The van der Waals surface area contributed by atoms with Crippen LogP contribution in [0.1, 0.15) is 46.5 Å². The highest BCUT2D eigenvalue weighted by Gasteiger charge is 2.51. The Morgan fingerprint density at radius 3 is 2.59 bits per heavy atom. The van der Waals surface area contributed by atoms with Crippen LogP contribution >= 0.6 is 0 Å². The van der Waals surface area contributed by atoms with E-state index in [0.29, 0.717) is 5.92 Å². The van der Waals surface area contributed by atoms with E-state index in [0.717, 1.165) is 36.8 Å². The molecule has 2 heteroatoms. The van der Waals surface area contributed by atoms with Crippen molar-refractivity contribution in [3.8, 4) is 0 Å². The van der Waals surface area contributed by atoms with Crippen molar-refractivity contribution in [2.24, 2.45) is 11.3 Å². The SMILES string of the molecule is C=C1CCC[C@]2(C)C(O)C(O)C(=C(C)C)C[C@@H]12. The van der Waals surface area contributed by atoms with Gasteiger partial charge in [0.2, 0.25) is 0 Å². The lowest BCUT2D eigenvalue weighted by Crippen LogP contribution is -2.53. The summed E-state index contributed by atoms with van der Waals surface area (Å²) in [5.41, 5.74) is 3.22. The van der Waals surface area contributed by atoms with Gasteiger partial charge in [0.25, 0.3) is 0 Å². The summed E-state index contributed by atoms with van der Waals surface area (Å²) in [5.74, 6) is 0.333. The summed E-state index contributed by atoms with van der Waals surface area (Å²) in [7, 11) is 0. The second-order valence-electron chi connectivity index (χ2n) is 6.19. The summed E-state index contributed by atoms with van der Waals surface area (Å²) < 4.78 is 0. The normalized spacial score (nSPS) is 42.3. The lowest BCUT2D eigenvalue weighted by atomic mass is 9.55. The molecule has 0 radical (unpaired) electrons. The van der Waals surface area contributed by atoms with Gasteiger partial charge in [-0.15, -0.1) is 0 Å². The van der Waals surface area contributed by atoms with Crippen LogP contribution in [-0.4, -0.2) is 22.4 Å².